The standard InChI is InChI=1S/C18H26N2O3/c1-2-3-10-15(18(22)23)19-17(21)16-11-7-12-20(16)13-14-8-5-4-6-9-14/h4-6,8-9,15-16H,2-3,7,10-13H2,1H3,(H,19,21)(H,22,23)/t15-,16?/m0/s1. The fraction of sp³-hybridized carbons (Fsp3) is 0.556. The average Bonchev–Trinajstić information content (AvgIpc) is 3.00. The molecular weight excluding hydrogens is 292 g/mol. The lowest BCUT2D eigenvalue weighted by molar-refractivity contribution is -0.142. The van der Waals surface area contributed by atoms with Crippen LogP contribution in [0, 0.1) is 0 Å². The number of benzene rings is 1. The monoisotopic (exact) mass is 318 g/mol. The Labute approximate surface area is 137 Å². The third-order valence-electron chi connectivity index (χ3n) is 4.36. The molecule has 2 N–H and O–H groups in total. The molecule has 5 heteroatoms. The van der Waals surface area contributed by atoms with Gasteiger partial charge in [0.1, 0.15) is 6.04 Å². The molecule has 1 aromatic carbocycles. The Hall–Kier alpha value is -1.88. The van der Waals surface area contributed by atoms with Crippen molar-refractivity contribution in [2.75, 3.05) is 6.54 Å². The molecule has 2 rings (SSSR count). The number of aliphatic carboxylic acids is 1. The first-order chi connectivity index (χ1) is 11.1. The number of nitrogens with one attached hydrogen (secondary N) is 1. The normalized spacial score (nSPS) is 19.4. The van der Waals surface area contributed by atoms with Gasteiger partial charge in [0, 0.05) is 6.54 Å². The van der Waals surface area contributed by atoms with Crippen molar-refractivity contribution < 1.29 is 14.7 Å². The van der Waals surface area contributed by atoms with Crippen molar-refractivity contribution in [2.24, 2.45) is 0 Å². The van der Waals surface area contributed by atoms with E-state index in [1.54, 1.807) is 0 Å². The molecule has 1 amide bonds. The van der Waals surface area contributed by atoms with Crippen LogP contribution in [-0.4, -0.2) is 40.5 Å². The molecule has 1 aromatic rings. The minimum Gasteiger partial charge on any atom is -0.480 e. The van der Waals surface area contributed by atoms with Crippen molar-refractivity contribution >= 4 is 11.9 Å². The van der Waals surface area contributed by atoms with E-state index in [0.29, 0.717) is 6.42 Å². The van der Waals surface area contributed by atoms with Gasteiger partial charge in [-0.1, -0.05) is 50.1 Å². The molecule has 1 aliphatic heterocycles. The lowest BCUT2D eigenvalue weighted by Crippen LogP contribution is -2.49. The number of hydrogen-bond donors (Lipinski definition) is 2. The summed E-state index contributed by atoms with van der Waals surface area (Å²) >= 11 is 0. The maximum Gasteiger partial charge on any atom is 0.326 e. The smallest absolute Gasteiger partial charge is 0.326 e. The number of unbranched alkanes of at least 4 members (excludes halogenated alkanes) is 1. The first kappa shape index (κ1) is 17.5. The largest absolute Gasteiger partial charge is 0.480 e. The molecule has 1 fully saturated rings. The number of nitrogens with zero attached hydrogens (tertiary/aromatic N) is 1. The zero-order valence-corrected chi connectivity index (χ0v) is 13.7. The van der Waals surface area contributed by atoms with Gasteiger partial charge in [-0.25, -0.2) is 4.79 Å². The lowest BCUT2D eigenvalue weighted by Gasteiger charge is -2.25. The minimum atomic E-state index is -0.945. The molecule has 0 radical (unpaired) electrons. The highest BCUT2D eigenvalue weighted by Gasteiger charge is 2.32. The van der Waals surface area contributed by atoms with Crippen molar-refractivity contribution in [3.63, 3.8) is 0 Å². The van der Waals surface area contributed by atoms with Crippen LogP contribution >= 0.6 is 0 Å². The van der Waals surface area contributed by atoms with E-state index in [4.69, 9.17) is 0 Å². The maximum atomic E-state index is 12.5. The number of carboxylic acid groups (broad SMARTS) is 1. The fourth-order valence-electron chi connectivity index (χ4n) is 3.06. The molecule has 0 saturated carbocycles. The third kappa shape index (κ3) is 5.06. The zero-order valence-electron chi connectivity index (χ0n) is 13.7. The van der Waals surface area contributed by atoms with Crippen molar-refractivity contribution in [2.45, 2.75) is 57.7 Å². The first-order valence-corrected chi connectivity index (χ1v) is 8.43. The zero-order chi connectivity index (χ0) is 16.7. The van der Waals surface area contributed by atoms with E-state index in [9.17, 15) is 14.7 Å². The Bertz CT molecular complexity index is 518. The molecule has 5 nitrogen and oxygen atoms in total. The number of amides is 1. The van der Waals surface area contributed by atoms with Gasteiger partial charge in [-0.3, -0.25) is 9.69 Å². The van der Waals surface area contributed by atoms with Crippen LogP contribution in [0.3, 0.4) is 0 Å². The topological polar surface area (TPSA) is 69.6 Å². The molecule has 0 aromatic heterocycles. The summed E-state index contributed by atoms with van der Waals surface area (Å²) in [5, 5.41) is 12.0. The Balaban J connectivity index is 1.95. The first-order valence-electron chi connectivity index (χ1n) is 8.43. The molecule has 1 heterocycles. The van der Waals surface area contributed by atoms with Crippen LogP contribution < -0.4 is 5.32 Å². The van der Waals surface area contributed by atoms with Crippen LogP contribution in [0.25, 0.3) is 0 Å². The van der Waals surface area contributed by atoms with Gasteiger partial charge in [0.05, 0.1) is 6.04 Å². The number of carboxylic acids is 1. The number of likely N-dealkylation sites (tertiary alicyclic amines) is 1. The van der Waals surface area contributed by atoms with Gasteiger partial charge in [-0.2, -0.15) is 0 Å². The van der Waals surface area contributed by atoms with Gasteiger partial charge in [-0.15, -0.1) is 0 Å². The summed E-state index contributed by atoms with van der Waals surface area (Å²) in [5.41, 5.74) is 1.17. The van der Waals surface area contributed by atoms with E-state index in [0.717, 1.165) is 38.8 Å². The van der Waals surface area contributed by atoms with Crippen LogP contribution in [0.2, 0.25) is 0 Å². The summed E-state index contributed by atoms with van der Waals surface area (Å²) in [6.45, 7) is 3.62. The summed E-state index contributed by atoms with van der Waals surface area (Å²) in [7, 11) is 0. The van der Waals surface area contributed by atoms with Gasteiger partial charge < -0.3 is 10.4 Å². The summed E-state index contributed by atoms with van der Waals surface area (Å²) < 4.78 is 0. The van der Waals surface area contributed by atoms with E-state index >= 15 is 0 Å². The molecule has 1 aliphatic rings. The van der Waals surface area contributed by atoms with Gasteiger partial charge >= 0.3 is 5.97 Å². The van der Waals surface area contributed by atoms with E-state index in [1.807, 2.05) is 25.1 Å². The summed E-state index contributed by atoms with van der Waals surface area (Å²) in [6, 6.07) is 9.06. The highest BCUT2D eigenvalue weighted by molar-refractivity contribution is 5.87. The number of carbonyl (C=O) groups excluding carboxylic acids is 1. The van der Waals surface area contributed by atoms with Gasteiger partial charge in [0.2, 0.25) is 5.91 Å². The van der Waals surface area contributed by atoms with Crippen molar-refractivity contribution in [1.82, 2.24) is 10.2 Å². The lowest BCUT2D eigenvalue weighted by atomic mass is 10.1. The van der Waals surface area contributed by atoms with E-state index in [2.05, 4.69) is 22.3 Å². The fourth-order valence-corrected chi connectivity index (χ4v) is 3.06. The minimum absolute atomic E-state index is 0.151. The summed E-state index contributed by atoms with van der Waals surface area (Å²) in [6.07, 6.45) is 3.97. The second-order valence-corrected chi connectivity index (χ2v) is 6.16. The number of carbonyl (C=O) groups is 2. The molecular formula is C18H26N2O3. The van der Waals surface area contributed by atoms with E-state index < -0.39 is 12.0 Å². The third-order valence-corrected chi connectivity index (χ3v) is 4.36. The highest BCUT2D eigenvalue weighted by Crippen LogP contribution is 2.20. The molecule has 0 aliphatic carbocycles. The maximum absolute atomic E-state index is 12.5. The van der Waals surface area contributed by atoms with Gasteiger partial charge in [0.25, 0.3) is 0 Å². The molecule has 0 spiro atoms. The molecule has 0 bridgehead atoms. The predicted molar refractivity (Wildman–Crippen MR) is 89.0 cm³/mol. The Kier molecular flexibility index (Phi) is 6.59. The van der Waals surface area contributed by atoms with E-state index in [-0.39, 0.29) is 11.9 Å². The molecule has 2 atom stereocenters. The van der Waals surface area contributed by atoms with Crippen LogP contribution in [0.5, 0.6) is 0 Å². The summed E-state index contributed by atoms with van der Waals surface area (Å²) in [4.78, 5) is 26.0. The van der Waals surface area contributed by atoms with Gasteiger partial charge in [-0.05, 0) is 31.4 Å². The Morgan fingerprint density at radius 2 is 2.09 bits per heavy atom. The second kappa shape index (κ2) is 8.67. The van der Waals surface area contributed by atoms with Crippen molar-refractivity contribution in [3.05, 3.63) is 35.9 Å². The Morgan fingerprint density at radius 1 is 1.35 bits per heavy atom. The molecule has 1 saturated heterocycles. The second-order valence-electron chi connectivity index (χ2n) is 6.16. The SMILES string of the molecule is CCCC[C@H](NC(=O)C1CCCN1Cc1ccccc1)C(=O)O. The van der Waals surface area contributed by atoms with Crippen LogP contribution in [0.15, 0.2) is 30.3 Å². The van der Waals surface area contributed by atoms with E-state index in [1.165, 1.54) is 5.56 Å². The molecule has 1 unspecified atom stereocenters. The van der Waals surface area contributed by atoms with Crippen LogP contribution in [-0.2, 0) is 16.1 Å². The predicted octanol–water partition coefficient (Wildman–Crippen LogP) is 2.41. The van der Waals surface area contributed by atoms with Gasteiger partial charge in [0.15, 0.2) is 0 Å². The highest BCUT2D eigenvalue weighted by atomic mass is 16.4. The summed E-state index contributed by atoms with van der Waals surface area (Å²) in [5.74, 6) is -1.10. The Morgan fingerprint density at radius 3 is 2.74 bits per heavy atom. The van der Waals surface area contributed by atoms with Crippen LogP contribution in [0.1, 0.15) is 44.6 Å². The van der Waals surface area contributed by atoms with Crippen LogP contribution in [0.4, 0.5) is 0 Å². The van der Waals surface area contributed by atoms with Crippen molar-refractivity contribution in [3.8, 4) is 0 Å². The van der Waals surface area contributed by atoms with Crippen molar-refractivity contribution in [1.29, 1.82) is 0 Å². The molecule has 126 valence electrons. The molecule has 23 heavy (non-hydrogen) atoms. The average molecular weight is 318 g/mol. The number of hydrogen-bond acceptors (Lipinski definition) is 3. The number of rotatable bonds is 8. The quantitative estimate of drug-likeness (QED) is 0.772.